The fraction of sp³-hybridized carbons (Fsp3) is 0.143. The molecular formula is C14H9ClF2N2S. The first-order chi connectivity index (χ1) is 9.58. The van der Waals surface area contributed by atoms with Crippen molar-refractivity contribution in [2.75, 3.05) is 0 Å². The summed E-state index contributed by atoms with van der Waals surface area (Å²) in [5.41, 5.74) is 0.297. The van der Waals surface area contributed by atoms with Crippen molar-refractivity contribution in [2.24, 2.45) is 0 Å². The van der Waals surface area contributed by atoms with E-state index in [1.165, 1.54) is 4.88 Å². The van der Waals surface area contributed by atoms with Crippen LogP contribution in [0.1, 0.15) is 11.8 Å². The largest absolute Gasteiger partial charge is 0.227 e. The third-order valence-corrected chi connectivity index (χ3v) is 4.44. The molecule has 0 fully saturated rings. The number of thiophene rings is 1. The van der Waals surface area contributed by atoms with Crippen LogP contribution in [0.15, 0.2) is 24.3 Å². The van der Waals surface area contributed by atoms with E-state index < -0.39 is 11.6 Å². The molecule has 102 valence electrons. The zero-order chi connectivity index (χ0) is 14.3. The average Bonchev–Trinajstić information content (AvgIpc) is 2.90. The Bertz CT molecular complexity index is 801. The summed E-state index contributed by atoms with van der Waals surface area (Å²) in [6, 6.07) is 5.95. The highest BCUT2D eigenvalue weighted by Gasteiger charge is 2.13. The number of benzene rings is 1. The second-order valence-corrected chi connectivity index (χ2v) is 5.77. The maximum absolute atomic E-state index is 13.3. The molecule has 0 unspecified atom stereocenters. The molecule has 1 aromatic carbocycles. The Morgan fingerprint density at radius 3 is 2.60 bits per heavy atom. The molecule has 0 spiro atoms. The van der Waals surface area contributed by atoms with Crippen LogP contribution in [-0.4, -0.2) is 9.97 Å². The topological polar surface area (TPSA) is 25.8 Å². The highest BCUT2D eigenvalue weighted by molar-refractivity contribution is 7.15. The van der Waals surface area contributed by atoms with Gasteiger partial charge in [-0.25, -0.2) is 18.7 Å². The predicted molar refractivity (Wildman–Crippen MR) is 77.2 cm³/mol. The van der Waals surface area contributed by atoms with E-state index in [4.69, 9.17) is 11.6 Å². The van der Waals surface area contributed by atoms with Gasteiger partial charge in [0.15, 0.2) is 17.5 Å². The van der Waals surface area contributed by atoms with Crippen molar-refractivity contribution >= 4 is 33.8 Å². The summed E-state index contributed by atoms with van der Waals surface area (Å²) in [4.78, 5) is 10.5. The van der Waals surface area contributed by atoms with Gasteiger partial charge >= 0.3 is 0 Å². The molecule has 3 rings (SSSR count). The normalized spacial score (nSPS) is 11.2. The number of fused-ring (bicyclic) bond motifs is 1. The van der Waals surface area contributed by atoms with Crippen molar-refractivity contribution in [3.05, 3.63) is 45.9 Å². The zero-order valence-electron chi connectivity index (χ0n) is 10.5. The van der Waals surface area contributed by atoms with E-state index >= 15 is 0 Å². The van der Waals surface area contributed by atoms with Crippen LogP contribution >= 0.6 is 22.9 Å². The molecule has 2 aromatic heterocycles. The zero-order valence-corrected chi connectivity index (χ0v) is 12.0. The third-order valence-electron chi connectivity index (χ3n) is 2.92. The fourth-order valence-corrected chi connectivity index (χ4v) is 3.00. The number of halogens is 3. The maximum atomic E-state index is 13.3. The summed E-state index contributed by atoms with van der Waals surface area (Å²) in [6.45, 7) is 2.06. The van der Waals surface area contributed by atoms with Gasteiger partial charge in [-0.1, -0.05) is 18.5 Å². The second-order valence-electron chi connectivity index (χ2n) is 4.24. The number of rotatable bonds is 2. The van der Waals surface area contributed by atoms with Crippen molar-refractivity contribution in [1.82, 2.24) is 9.97 Å². The summed E-state index contributed by atoms with van der Waals surface area (Å²) in [5, 5.41) is 0.428. The molecule has 0 aliphatic rings. The molecule has 2 nitrogen and oxygen atoms in total. The van der Waals surface area contributed by atoms with Crippen molar-refractivity contribution in [3.8, 4) is 10.7 Å². The lowest BCUT2D eigenvalue weighted by molar-refractivity contribution is 0.510. The van der Waals surface area contributed by atoms with Crippen molar-refractivity contribution < 1.29 is 8.78 Å². The van der Waals surface area contributed by atoms with Crippen LogP contribution in [0.3, 0.4) is 0 Å². The molecular weight excluding hydrogens is 302 g/mol. The number of aryl methyl sites for hydroxylation is 1. The Morgan fingerprint density at radius 1 is 1.15 bits per heavy atom. The highest BCUT2D eigenvalue weighted by Crippen LogP contribution is 2.30. The summed E-state index contributed by atoms with van der Waals surface area (Å²) in [6.07, 6.45) is 0.922. The second kappa shape index (κ2) is 5.07. The molecule has 6 heteroatoms. The minimum atomic E-state index is -0.958. The molecule has 2 heterocycles. The van der Waals surface area contributed by atoms with Crippen LogP contribution < -0.4 is 0 Å². The SMILES string of the molecule is CCc1ccc(-c2nc(Cl)c3cc(F)c(F)cc3n2)s1. The first-order valence-corrected chi connectivity index (χ1v) is 7.19. The van der Waals surface area contributed by atoms with Gasteiger partial charge in [0.05, 0.1) is 10.4 Å². The Hall–Kier alpha value is -1.59. The molecule has 0 saturated carbocycles. The van der Waals surface area contributed by atoms with Gasteiger partial charge in [-0.05, 0) is 24.6 Å². The standard InChI is InChI=1S/C14H9ClF2N2S/c1-2-7-3-4-12(20-7)14-18-11-6-10(17)9(16)5-8(11)13(15)19-14/h3-6H,2H2,1H3. The molecule has 0 saturated heterocycles. The summed E-state index contributed by atoms with van der Waals surface area (Å²) < 4.78 is 26.5. The van der Waals surface area contributed by atoms with Gasteiger partial charge in [0, 0.05) is 16.3 Å². The van der Waals surface area contributed by atoms with Crippen LogP contribution in [0.25, 0.3) is 21.6 Å². The van der Waals surface area contributed by atoms with E-state index in [1.807, 2.05) is 12.1 Å². The van der Waals surface area contributed by atoms with Crippen LogP contribution in [0.2, 0.25) is 5.15 Å². The van der Waals surface area contributed by atoms with Crippen molar-refractivity contribution in [3.63, 3.8) is 0 Å². The fourth-order valence-electron chi connectivity index (χ4n) is 1.88. The summed E-state index contributed by atoms with van der Waals surface area (Å²) >= 11 is 7.60. The quantitative estimate of drug-likeness (QED) is 0.632. The average molecular weight is 311 g/mol. The minimum absolute atomic E-state index is 0.121. The number of aromatic nitrogens is 2. The molecule has 0 amide bonds. The predicted octanol–water partition coefficient (Wildman–Crippen LogP) is 4.85. The van der Waals surface area contributed by atoms with Crippen LogP contribution in [0.4, 0.5) is 8.78 Å². The lowest BCUT2D eigenvalue weighted by Crippen LogP contribution is -1.93. The summed E-state index contributed by atoms with van der Waals surface area (Å²) in [5.74, 6) is -1.48. The van der Waals surface area contributed by atoms with E-state index in [2.05, 4.69) is 16.9 Å². The molecule has 0 aliphatic heterocycles. The van der Waals surface area contributed by atoms with E-state index in [1.54, 1.807) is 11.3 Å². The van der Waals surface area contributed by atoms with Crippen molar-refractivity contribution in [2.45, 2.75) is 13.3 Å². The van der Waals surface area contributed by atoms with Gasteiger partial charge in [-0.3, -0.25) is 0 Å². The highest BCUT2D eigenvalue weighted by atomic mass is 35.5. The third kappa shape index (κ3) is 2.27. The van der Waals surface area contributed by atoms with Gasteiger partial charge in [0.25, 0.3) is 0 Å². The van der Waals surface area contributed by atoms with E-state index in [9.17, 15) is 8.78 Å². The molecule has 3 aromatic rings. The molecule has 0 bridgehead atoms. The number of hydrogen-bond acceptors (Lipinski definition) is 3. The number of nitrogens with zero attached hydrogens (tertiary/aromatic N) is 2. The maximum Gasteiger partial charge on any atom is 0.171 e. The van der Waals surface area contributed by atoms with Gasteiger partial charge < -0.3 is 0 Å². The molecule has 0 N–H and O–H groups in total. The monoisotopic (exact) mass is 310 g/mol. The van der Waals surface area contributed by atoms with E-state index in [-0.39, 0.29) is 5.15 Å². The van der Waals surface area contributed by atoms with E-state index in [0.717, 1.165) is 23.4 Å². The van der Waals surface area contributed by atoms with Gasteiger partial charge in [-0.15, -0.1) is 11.3 Å². The lowest BCUT2D eigenvalue weighted by Gasteiger charge is -2.03. The van der Waals surface area contributed by atoms with Crippen LogP contribution in [-0.2, 0) is 6.42 Å². The first kappa shape index (κ1) is 13.4. The molecule has 0 radical (unpaired) electrons. The number of hydrogen-bond donors (Lipinski definition) is 0. The Morgan fingerprint density at radius 2 is 1.90 bits per heavy atom. The van der Waals surface area contributed by atoms with Gasteiger partial charge in [0.1, 0.15) is 5.15 Å². The van der Waals surface area contributed by atoms with Gasteiger partial charge in [-0.2, -0.15) is 0 Å². The minimum Gasteiger partial charge on any atom is -0.227 e. The lowest BCUT2D eigenvalue weighted by atomic mass is 10.2. The molecule has 20 heavy (non-hydrogen) atoms. The summed E-state index contributed by atoms with van der Waals surface area (Å²) in [7, 11) is 0. The Kier molecular flexibility index (Phi) is 3.40. The van der Waals surface area contributed by atoms with Crippen molar-refractivity contribution in [1.29, 1.82) is 0 Å². The van der Waals surface area contributed by atoms with Gasteiger partial charge in [0.2, 0.25) is 0 Å². The molecule has 0 atom stereocenters. The van der Waals surface area contributed by atoms with Crippen LogP contribution in [0, 0.1) is 11.6 Å². The first-order valence-electron chi connectivity index (χ1n) is 6.00. The molecule has 0 aliphatic carbocycles. The Balaban J connectivity index is 2.20. The van der Waals surface area contributed by atoms with E-state index in [0.29, 0.717) is 16.7 Å². The Labute approximate surface area is 123 Å². The van der Waals surface area contributed by atoms with Crippen LogP contribution in [0.5, 0.6) is 0 Å². The smallest absolute Gasteiger partial charge is 0.171 e.